The minimum absolute atomic E-state index is 0.134. The molecule has 0 heterocycles. The van der Waals surface area contributed by atoms with E-state index in [1.54, 1.807) is 7.11 Å². The first-order valence-electron chi connectivity index (χ1n) is 5.35. The molecule has 1 nitrogen and oxygen atoms in total. The molecule has 15 heavy (non-hydrogen) atoms. The molecule has 0 aliphatic heterocycles. The van der Waals surface area contributed by atoms with Gasteiger partial charge >= 0.3 is 0 Å². The molecule has 1 aromatic rings. The lowest BCUT2D eigenvalue weighted by atomic mass is 9.98. The molecule has 0 fully saturated rings. The summed E-state index contributed by atoms with van der Waals surface area (Å²) in [5.41, 5.74) is 2.42. The zero-order chi connectivity index (χ0) is 11.3. The molecule has 0 saturated carbocycles. The average molecular weight is 203 g/mol. The Morgan fingerprint density at radius 1 is 1.47 bits per heavy atom. The maximum atomic E-state index is 5.37. The highest BCUT2D eigenvalue weighted by Crippen LogP contribution is 2.26. The molecule has 1 radical (unpaired) electrons. The van der Waals surface area contributed by atoms with Crippen molar-refractivity contribution in [2.24, 2.45) is 0 Å². The van der Waals surface area contributed by atoms with Crippen LogP contribution in [-0.4, -0.2) is 7.11 Å². The number of ether oxygens (including phenoxy) is 1. The molecule has 0 spiro atoms. The largest absolute Gasteiger partial charge is 0.496 e. The minimum Gasteiger partial charge on any atom is -0.496 e. The lowest BCUT2D eigenvalue weighted by molar-refractivity contribution is 0.409. The van der Waals surface area contributed by atoms with Crippen LogP contribution in [0.2, 0.25) is 0 Å². The Hall–Kier alpha value is -1.24. The van der Waals surface area contributed by atoms with Crippen LogP contribution >= 0.6 is 0 Å². The van der Waals surface area contributed by atoms with E-state index in [-0.39, 0.29) is 5.92 Å². The van der Waals surface area contributed by atoms with Crippen molar-refractivity contribution in [3.8, 4) is 5.75 Å². The summed E-state index contributed by atoms with van der Waals surface area (Å²) < 4.78 is 5.37. The van der Waals surface area contributed by atoms with E-state index in [0.29, 0.717) is 0 Å². The van der Waals surface area contributed by atoms with Crippen molar-refractivity contribution in [3.05, 3.63) is 48.9 Å². The number of benzene rings is 1. The van der Waals surface area contributed by atoms with Crippen molar-refractivity contribution in [2.45, 2.75) is 25.7 Å². The number of aryl methyl sites for hydroxylation is 1. The Morgan fingerprint density at radius 3 is 2.73 bits per heavy atom. The molecule has 0 saturated heterocycles. The fourth-order valence-corrected chi connectivity index (χ4v) is 1.60. The van der Waals surface area contributed by atoms with Gasteiger partial charge in [-0.1, -0.05) is 31.6 Å². The van der Waals surface area contributed by atoms with Crippen LogP contribution in [0, 0.1) is 6.92 Å². The molecule has 0 aliphatic carbocycles. The summed E-state index contributed by atoms with van der Waals surface area (Å²) >= 11 is 0. The summed E-state index contributed by atoms with van der Waals surface area (Å²) in [6, 6.07) is 6.29. The Bertz CT molecular complexity index is 328. The van der Waals surface area contributed by atoms with Crippen molar-refractivity contribution >= 4 is 0 Å². The van der Waals surface area contributed by atoms with Crippen molar-refractivity contribution in [1.82, 2.24) is 0 Å². The van der Waals surface area contributed by atoms with Gasteiger partial charge in [0.1, 0.15) is 5.75 Å². The van der Waals surface area contributed by atoms with Crippen molar-refractivity contribution in [3.63, 3.8) is 0 Å². The summed E-state index contributed by atoms with van der Waals surface area (Å²) in [6.07, 6.45) is 4.03. The molecule has 0 N–H and O–H groups in total. The molecule has 1 atom stereocenters. The van der Waals surface area contributed by atoms with Crippen LogP contribution in [0.3, 0.4) is 0 Å². The molecular weight excluding hydrogens is 184 g/mol. The lowest BCUT2D eigenvalue weighted by Crippen LogP contribution is -1.95. The second-order valence-electron chi connectivity index (χ2n) is 3.66. The second-order valence-corrected chi connectivity index (χ2v) is 3.66. The maximum Gasteiger partial charge on any atom is 0.122 e. The van der Waals surface area contributed by atoms with E-state index in [4.69, 9.17) is 4.74 Å². The minimum atomic E-state index is 0.134. The van der Waals surface area contributed by atoms with Crippen LogP contribution in [0.1, 0.15) is 30.4 Å². The molecule has 0 bridgehead atoms. The van der Waals surface area contributed by atoms with E-state index < -0.39 is 0 Å². The van der Waals surface area contributed by atoms with Gasteiger partial charge in [0.2, 0.25) is 0 Å². The highest BCUT2D eigenvalue weighted by molar-refractivity contribution is 5.40. The normalized spacial score (nSPS) is 12.2. The quantitative estimate of drug-likeness (QED) is 0.662. The standard InChI is InChI=1S/C14H19O/c1-5-7-12-8-9-13(11(3)6-2)10-14(12)15-4/h6,8-11H,2-3,5,7H2,1,4H3. The number of methoxy groups -OCH3 is 1. The third kappa shape index (κ3) is 2.85. The Morgan fingerprint density at radius 2 is 2.20 bits per heavy atom. The van der Waals surface area contributed by atoms with E-state index in [9.17, 15) is 0 Å². The Balaban J connectivity index is 3.01. The number of hydrogen-bond acceptors (Lipinski definition) is 1. The van der Waals surface area contributed by atoms with Gasteiger partial charge in [-0.3, -0.25) is 0 Å². The molecular formula is C14H19O. The zero-order valence-corrected chi connectivity index (χ0v) is 9.62. The van der Waals surface area contributed by atoms with Gasteiger partial charge in [-0.15, -0.1) is 6.58 Å². The van der Waals surface area contributed by atoms with Crippen molar-refractivity contribution in [2.75, 3.05) is 7.11 Å². The second kappa shape index (κ2) is 5.59. The van der Waals surface area contributed by atoms with Crippen LogP contribution in [0.25, 0.3) is 0 Å². The maximum absolute atomic E-state index is 5.37. The van der Waals surface area contributed by atoms with Crippen molar-refractivity contribution < 1.29 is 4.74 Å². The SMILES string of the molecule is [CH2]C(C=C)c1ccc(CCC)c(OC)c1. The monoisotopic (exact) mass is 203 g/mol. The molecule has 1 rings (SSSR count). The van der Waals surface area contributed by atoms with Crippen LogP contribution in [0.5, 0.6) is 5.75 Å². The van der Waals surface area contributed by atoms with Crippen LogP contribution < -0.4 is 4.74 Å². The summed E-state index contributed by atoms with van der Waals surface area (Å²) in [4.78, 5) is 0. The van der Waals surface area contributed by atoms with Gasteiger partial charge in [-0.2, -0.15) is 0 Å². The van der Waals surface area contributed by atoms with E-state index in [1.807, 2.05) is 6.08 Å². The molecule has 1 aromatic carbocycles. The van der Waals surface area contributed by atoms with Crippen LogP contribution in [0.15, 0.2) is 30.9 Å². The first kappa shape index (κ1) is 11.8. The highest BCUT2D eigenvalue weighted by Gasteiger charge is 2.06. The van der Waals surface area contributed by atoms with Gasteiger partial charge in [-0.05, 0) is 30.5 Å². The predicted molar refractivity (Wildman–Crippen MR) is 65.3 cm³/mol. The van der Waals surface area contributed by atoms with Gasteiger partial charge in [0.05, 0.1) is 7.11 Å². The van der Waals surface area contributed by atoms with Gasteiger partial charge in [0.25, 0.3) is 0 Å². The summed E-state index contributed by atoms with van der Waals surface area (Å²) in [6.45, 7) is 9.92. The van der Waals surface area contributed by atoms with Gasteiger partial charge in [0, 0.05) is 5.92 Å². The fourth-order valence-electron chi connectivity index (χ4n) is 1.60. The summed E-state index contributed by atoms with van der Waals surface area (Å²) in [5.74, 6) is 1.10. The number of hydrogen-bond donors (Lipinski definition) is 0. The van der Waals surface area contributed by atoms with Gasteiger partial charge < -0.3 is 4.74 Å². The lowest BCUT2D eigenvalue weighted by Gasteiger charge is -2.12. The van der Waals surface area contributed by atoms with Gasteiger partial charge in [0.15, 0.2) is 0 Å². The summed E-state index contributed by atoms with van der Waals surface area (Å²) in [5, 5.41) is 0. The number of allylic oxidation sites excluding steroid dienone is 1. The highest BCUT2D eigenvalue weighted by atomic mass is 16.5. The molecule has 81 valence electrons. The van der Waals surface area contributed by atoms with E-state index in [0.717, 1.165) is 24.2 Å². The molecule has 0 amide bonds. The average Bonchev–Trinajstić information content (AvgIpc) is 2.29. The zero-order valence-electron chi connectivity index (χ0n) is 9.62. The molecule has 0 aliphatic rings. The topological polar surface area (TPSA) is 9.23 Å². The molecule has 0 aromatic heterocycles. The van der Waals surface area contributed by atoms with E-state index >= 15 is 0 Å². The molecule has 1 heteroatoms. The van der Waals surface area contributed by atoms with Crippen molar-refractivity contribution in [1.29, 1.82) is 0 Å². The van der Waals surface area contributed by atoms with Gasteiger partial charge in [-0.25, -0.2) is 0 Å². The predicted octanol–water partition coefficient (Wildman–Crippen LogP) is 3.75. The fraction of sp³-hybridized carbons (Fsp3) is 0.357. The number of rotatable bonds is 5. The molecule has 1 unspecified atom stereocenters. The van der Waals surface area contributed by atoms with E-state index in [1.165, 1.54) is 5.56 Å². The third-order valence-electron chi connectivity index (χ3n) is 2.54. The Kier molecular flexibility index (Phi) is 4.41. The first-order chi connectivity index (χ1) is 7.22. The Labute approximate surface area is 92.8 Å². The van der Waals surface area contributed by atoms with Crippen LogP contribution in [-0.2, 0) is 6.42 Å². The smallest absolute Gasteiger partial charge is 0.122 e. The van der Waals surface area contributed by atoms with Crippen LogP contribution in [0.4, 0.5) is 0 Å². The van der Waals surface area contributed by atoms with E-state index in [2.05, 4.69) is 38.6 Å². The first-order valence-corrected chi connectivity index (χ1v) is 5.35. The third-order valence-corrected chi connectivity index (χ3v) is 2.54. The summed E-state index contributed by atoms with van der Waals surface area (Å²) in [7, 11) is 1.71.